The fraction of sp³-hybridized carbons (Fsp3) is 0.263. The summed E-state index contributed by atoms with van der Waals surface area (Å²) in [5, 5.41) is 14.7. The van der Waals surface area contributed by atoms with Crippen molar-refractivity contribution in [2.24, 2.45) is 0 Å². The van der Waals surface area contributed by atoms with Crippen LogP contribution in [0.4, 0.5) is 0 Å². The van der Waals surface area contributed by atoms with E-state index in [0.717, 1.165) is 16.5 Å². The quantitative estimate of drug-likeness (QED) is 0.726. The monoisotopic (exact) mass is 323 g/mol. The molecule has 0 aliphatic rings. The van der Waals surface area contributed by atoms with Gasteiger partial charge in [-0.05, 0) is 11.6 Å². The zero-order valence-electron chi connectivity index (χ0n) is 13.5. The molecule has 0 atom stereocenters. The van der Waals surface area contributed by atoms with Gasteiger partial charge < -0.3 is 10.0 Å². The van der Waals surface area contributed by atoms with Crippen LogP contribution < -0.4 is 0 Å². The number of para-hydroxylation sites is 1. The molecule has 0 aliphatic carbocycles. The maximum Gasteiger partial charge on any atom is 0.224 e. The van der Waals surface area contributed by atoms with Gasteiger partial charge in [-0.2, -0.15) is 5.10 Å². The highest BCUT2D eigenvalue weighted by Crippen LogP contribution is 2.13. The van der Waals surface area contributed by atoms with Crippen molar-refractivity contribution in [2.45, 2.75) is 19.5 Å². The third-order valence-corrected chi connectivity index (χ3v) is 4.03. The molecule has 0 bridgehead atoms. The maximum absolute atomic E-state index is 12.5. The first kappa shape index (κ1) is 16.2. The lowest BCUT2D eigenvalue weighted by Gasteiger charge is -2.22. The van der Waals surface area contributed by atoms with Gasteiger partial charge in [-0.25, -0.2) is 0 Å². The number of carbonyl (C=O) groups is 1. The first-order chi connectivity index (χ1) is 11.8. The van der Waals surface area contributed by atoms with Crippen LogP contribution in [0.3, 0.4) is 0 Å². The third kappa shape index (κ3) is 3.81. The molecule has 0 saturated carbocycles. The van der Waals surface area contributed by atoms with Crippen molar-refractivity contribution in [3.63, 3.8) is 0 Å². The SMILES string of the molecule is O=C(CCn1ncc2ccccc21)N(CCO)Cc1ccccc1. The van der Waals surface area contributed by atoms with Gasteiger partial charge in [0.15, 0.2) is 0 Å². The van der Waals surface area contributed by atoms with Gasteiger partial charge in [0.1, 0.15) is 0 Å². The molecule has 1 aromatic heterocycles. The number of fused-ring (bicyclic) bond motifs is 1. The van der Waals surface area contributed by atoms with Gasteiger partial charge in [0, 0.05) is 24.9 Å². The van der Waals surface area contributed by atoms with Crippen LogP contribution >= 0.6 is 0 Å². The third-order valence-electron chi connectivity index (χ3n) is 4.03. The molecule has 0 fully saturated rings. The van der Waals surface area contributed by atoms with E-state index in [0.29, 0.717) is 26.1 Å². The second-order valence-corrected chi connectivity index (χ2v) is 5.70. The molecule has 24 heavy (non-hydrogen) atoms. The summed E-state index contributed by atoms with van der Waals surface area (Å²) >= 11 is 0. The molecule has 0 radical (unpaired) electrons. The zero-order chi connectivity index (χ0) is 16.8. The minimum atomic E-state index is -0.0384. The Kier molecular flexibility index (Phi) is 5.23. The lowest BCUT2D eigenvalue weighted by molar-refractivity contribution is -0.132. The average molecular weight is 323 g/mol. The zero-order valence-corrected chi connectivity index (χ0v) is 13.5. The van der Waals surface area contributed by atoms with E-state index in [4.69, 9.17) is 0 Å². The van der Waals surface area contributed by atoms with Crippen LogP contribution in [0.15, 0.2) is 60.8 Å². The number of aliphatic hydroxyl groups excluding tert-OH is 1. The smallest absolute Gasteiger partial charge is 0.224 e. The highest BCUT2D eigenvalue weighted by atomic mass is 16.3. The Morgan fingerprint density at radius 1 is 1.08 bits per heavy atom. The fourth-order valence-electron chi connectivity index (χ4n) is 2.78. The predicted octanol–water partition coefficient (Wildman–Crippen LogP) is 2.45. The molecule has 0 saturated heterocycles. The summed E-state index contributed by atoms with van der Waals surface area (Å²) in [6.07, 6.45) is 2.17. The summed E-state index contributed by atoms with van der Waals surface area (Å²) < 4.78 is 1.85. The van der Waals surface area contributed by atoms with Gasteiger partial charge in [-0.15, -0.1) is 0 Å². The summed E-state index contributed by atoms with van der Waals surface area (Å²) in [6, 6.07) is 17.8. The van der Waals surface area contributed by atoms with E-state index < -0.39 is 0 Å². The molecule has 1 amide bonds. The number of nitrogens with zero attached hydrogens (tertiary/aromatic N) is 3. The molecule has 5 heteroatoms. The lowest BCUT2D eigenvalue weighted by atomic mass is 10.2. The van der Waals surface area contributed by atoms with Crippen LogP contribution in [0.25, 0.3) is 10.9 Å². The Bertz CT molecular complexity index is 798. The Morgan fingerprint density at radius 3 is 2.62 bits per heavy atom. The van der Waals surface area contributed by atoms with Crippen LogP contribution in [0.1, 0.15) is 12.0 Å². The van der Waals surface area contributed by atoms with E-state index in [9.17, 15) is 9.90 Å². The van der Waals surface area contributed by atoms with Crippen LogP contribution in [0.5, 0.6) is 0 Å². The largest absolute Gasteiger partial charge is 0.395 e. The molecular formula is C19H21N3O2. The van der Waals surface area contributed by atoms with Crippen LogP contribution in [0, 0.1) is 0 Å². The molecule has 0 unspecified atom stereocenters. The first-order valence-corrected chi connectivity index (χ1v) is 8.11. The Balaban J connectivity index is 1.65. The van der Waals surface area contributed by atoms with Gasteiger partial charge in [0.05, 0.1) is 24.9 Å². The summed E-state index contributed by atoms with van der Waals surface area (Å²) in [5.41, 5.74) is 2.09. The van der Waals surface area contributed by atoms with Crippen LogP contribution in [-0.4, -0.2) is 38.8 Å². The number of amides is 1. The first-order valence-electron chi connectivity index (χ1n) is 8.11. The molecule has 5 nitrogen and oxygen atoms in total. The normalized spacial score (nSPS) is 10.9. The van der Waals surface area contributed by atoms with Crippen molar-refractivity contribution in [1.82, 2.24) is 14.7 Å². The summed E-state index contributed by atoms with van der Waals surface area (Å²) in [5.74, 6) is 0.0208. The number of hydrogen-bond acceptors (Lipinski definition) is 3. The number of aryl methyl sites for hydroxylation is 1. The van der Waals surface area contributed by atoms with E-state index in [1.807, 2.05) is 65.5 Å². The van der Waals surface area contributed by atoms with Crippen molar-refractivity contribution in [1.29, 1.82) is 0 Å². The molecule has 124 valence electrons. The topological polar surface area (TPSA) is 58.4 Å². The number of rotatable bonds is 7. The van der Waals surface area contributed by atoms with Gasteiger partial charge in [-0.3, -0.25) is 9.48 Å². The number of aliphatic hydroxyl groups is 1. The average Bonchev–Trinajstić information content (AvgIpc) is 3.03. The highest BCUT2D eigenvalue weighted by Gasteiger charge is 2.14. The van der Waals surface area contributed by atoms with E-state index in [-0.39, 0.29) is 12.5 Å². The molecule has 3 aromatic rings. The van der Waals surface area contributed by atoms with E-state index in [1.165, 1.54) is 0 Å². The Morgan fingerprint density at radius 2 is 1.83 bits per heavy atom. The molecule has 2 aromatic carbocycles. The van der Waals surface area contributed by atoms with E-state index >= 15 is 0 Å². The minimum Gasteiger partial charge on any atom is -0.395 e. The molecule has 3 rings (SSSR count). The number of aromatic nitrogens is 2. The number of hydrogen-bond donors (Lipinski definition) is 1. The number of benzene rings is 2. The van der Waals surface area contributed by atoms with Crippen molar-refractivity contribution in [3.05, 3.63) is 66.4 Å². The van der Waals surface area contributed by atoms with Crippen molar-refractivity contribution in [3.8, 4) is 0 Å². The summed E-state index contributed by atoms with van der Waals surface area (Å²) in [7, 11) is 0. The van der Waals surface area contributed by atoms with E-state index in [1.54, 1.807) is 4.90 Å². The predicted molar refractivity (Wildman–Crippen MR) is 93.3 cm³/mol. The van der Waals surface area contributed by atoms with Crippen molar-refractivity contribution >= 4 is 16.8 Å². The molecule has 0 aliphatic heterocycles. The molecule has 0 spiro atoms. The van der Waals surface area contributed by atoms with Gasteiger partial charge >= 0.3 is 0 Å². The molecule has 1 N–H and O–H groups in total. The second-order valence-electron chi connectivity index (χ2n) is 5.70. The molecular weight excluding hydrogens is 302 g/mol. The maximum atomic E-state index is 12.5. The molecule has 1 heterocycles. The standard InChI is InChI=1S/C19H21N3O2/c23-13-12-21(15-16-6-2-1-3-7-16)19(24)10-11-22-18-9-5-4-8-17(18)14-20-22/h1-9,14,23H,10-13,15H2. The van der Waals surface area contributed by atoms with Gasteiger partial charge in [0.2, 0.25) is 5.91 Å². The lowest BCUT2D eigenvalue weighted by Crippen LogP contribution is -2.33. The number of carbonyl (C=O) groups excluding carboxylic acids is 1. The highest BCUT2D eigenvalue weighted by molar-refractivity contribution is 5.79. The van der Waals surface area contributed by atoms with Crippen LogP contribution in [-0.2, 0) is 17.9 Å². The van der Waals surface area contributed by atoms with Crippen molar-refractivity contribution < 1.29 is 9.90 Å². The van der Waals surface area contributed by atoms with Gasteiger partial charge in [-0.1, -0.05) is 48.5 Å². The van der Waals surface area contributed by atoms with E-state index in [2.05, 4.69) is 5.10 Å². The Hall–Kier alpha value is -2.66. The minimum absolute atomic E-state index is 0.0208. The summed E-state index contributed by atoms with van der Waals surface area (Å²) in [6.45, 7) is 1.35. The van der Waals surface area contributed by atoms with Crippen molar-refractivity contribution in [2.75, 3.05) is 13.2 Å². The fourth-order valence-corrected chi connectivity index (χ4v) is 2.78. The Labute approximate surface area is 141 Å². The van der Waals surface area contributed by atoms with Gasteiger partial charge in [0.25, 0.3) is 0 Å². The van der Waals surface area contributed by atoms with Crippen LogP contribution in [0.2, 0.25) is 0 Å². The second kappa shape index (κ2) is 7.75. The summed E-state index contributed by atoms with van der Waals surface area (Å²) in [4.78, 5) is 14.2.